The summed E-state index contributed by atoms with van der Waals surface area (Å²) >= 11 is 0. The van der Waals surface area contributed by atoms with Gasteiger partial charge in [0.15, 0.2) is 0 Å². The number of hydrogen-bond acceptors (Lipinski definition) is 1. The number of nitrogens with one attached hydrogen (secondary N) is 1. The second kappa shape index (κ2) is 7.47. The summed E-state index contributed by atoms with van der Waals surface area (Å²) in [5, 5.41) is 3.65. The Morgan fingerprint density at radius 2 is 1.65 bits per heavy atom. The molecule has 1 heterocycles. The molecule has 1 fully saturated rings. The molecule has 1 N–H and O–H groups in total. The van der Waals surface area contributed by atoms with Crippen molar-refractivity contribution in [3.63, 3.8) is 0 Å². The lowest BCUT2D eigenvalue weighted by atomic mass is 9.92. The Morgan fingerprint density at radius 3 is 2.40 bits per heavy atom. The Balaban J connectivity index is 0.00000147. The fourth-order valence-corrected chi connectivity index (χ4v) is 2.96. The highest BCUT2D eigenvalue weighted by Gasteiger charge is 2.14. The summed E-state index contributed by atoms with van der Waals surface area (Å²) in [5.74, 6) is 0. The van der Waals surface area contributed by atoms with Crippen LogP contribution in [-0.4, -0.2) is 12.6 Å². The maximum atomic E-state index is 3.65. The summed E-state index contributed by atoms with van der Waals surface area (Å²) < 4.78 is 0. The third kappa shape index (κ3) is 3.62. The van der Waals surface area contributed by atoms with Crippen molar-refractivity contribution >= 4 is 12.4 Å². The molecule has 1 nitrogen and oxygen atoms in total. The molecular weight excluding hydrogens is 266 g/mol. The van der Waals surface area contributed by atoms with Gasteiger partial charge in [-0.05, 0) is 42.5 Å². The number of hydrogen-bond donors (Lipinski definition) is 1. The molecule has 106 valence electrons. The minimum Gasteiger partial charge on any atom is -0.314 e. The Bertz CT molecular complexity index is 518. The van der Waals surface area contributed by atoms with Gasteiger partial charge in [0.25, 0.3) is 0 Å². The van der Waals surface area contributed by atoms with E-state index in [0.29, 0.717) is 6.04 Å². The first kappa shape index (κ1) is 15.1. The average molecular weight is 288 g/mol. The van der Waals surface area contributed by atoms with Crippen molar-refractivity contribution in [2.75, 3.05) is 6.54 Å². The van der Waals surface area contributed by atoms with Crippen LogP contribution in [0.2, 0.25) is 0 Å². The zero-order valence-electron chi connectivity index (χ0n) is 11.7. The second-order valence-electron chi connectivity index (χ2n) is 5.37. The highest BCUT2D eigenvalue weighted by Crippen LogP contribution is 2.25. The zero-order valence-corrected chi connectivity index (χ0v) is 12.5. The normalized spacial score (nSPS) is 18.3. The van der Waals surface area contributed by atoms with Crippen LogP contribution in [0.1, 0.15) is 24.8 Å². The summed E-state index contributed by atoms with van der Waals surface area (Å²) in [6.45, 7) is 1.18. The summed E-state index contributed by atoms with van der Waals surface area (Å²) in [5.41, 5.74) is 4.18. The van der Waals surface area contributed by atoms with E-state index in [4.69, 9.17) is 0 Å². The molecule has 1 aliphatic rings. The first-order valence-electron chi connectivity index (χ1n) is 7.30. The maximum Gasteiger partial charge on any atom is 0.0108 e. The first-order valence-corrected chi connectivity index (χ1v) is 7.30. The predicted octanol–water partition coefficient (Wildman–Crippen LogP) is 4.46. The lowest BCUT2D eigenvalue weighted by Gasteiger charge is -2.24. The molecule has 1 unspecified atom stereocenters. The van der Waals surface area contributed by atoms with E-state index in [2.05, 4.69) is 59.9 Å². The molecule has 0 amide bonds. The molecule has 1 atom stereocenters. The van der Waals surface area contributed by atoms with Crippen molar-refractivity contribution in [3.05, 3.63) is 60.2 Å². The summed E-state index contributed by atoms with van der Waals surface area (Å²) in [6, 6.07) is 20.2. The van der Waals surface area contributed by atoms with Crippen molar-refractivity contribution in [2.24, 2.45) is 0 Å². The highest BCUT2D eigenvalue weighted by molar-refractivity contribution is 5.85. The van der Waals surface area contributed by atoms with Gasteiger partial charge in [0, 0.05) is 6.04 Å². The summed E-state index contributed by atoms with van der Waals surface area (Å²) in [4.78, 5) is 0. The topological polar surface area (TPSA) is 12.0 Å². The van der Waals surface area contributed by atoms with Crippen LogP contribution in [0.25, 0.3) is 11.1 Å². The molecule has 0 spiro atoms. The van der Waals surface area contributed by atoms with Crippen molar-refractivity contribution in [1.29, 1.82) is 0 Å². The molecule has 2 heteroatoms. The summed E-state index contributed by atoms with van der Waals surface area (Å²) in [7, 11) is 0. The van der Waals surface area contributed by atoms with Gasteiger partial charge in [-0.1, -0.05) is 61.0 Å². The molecule has 0 radical (unpaired) electrons. The van der Waals surface area contributed by atoms with Crippen LogP contribution in [0, 0.1) is 0 Å². The molecular formula is C18H22ClN. The van der Waals surface area contributed by atoms with Gasteiger partial charge in [-0.15, -0.1) is 12.4 Å². The minimum atomic E-state index is 0. The molecule has 20 heavy (non-hydrogen) atoms. The largest absolute Gasteiger partial charge is 0.314 e. The minimum absolute atomic E-state index is 0. The van der Waals surface area contributed by atoms with Gasteiger partial charge >= 0.3 is 0 Å². The van der Waals surface area contributed by atoms with E-state index in [0.717, 1.165) is 6.42 Å². The highest BCUT2D eigenvalue weighted by atomic mass is 35.5. The lowest BCUT2D eigenvalue weighted by Crippen LogP contribution is -2.35. The van der Waals surface area contributed by atoms with E-state index >= 15 is 0 Å². The fourth-order valence-electron chi connectivity index (χ4n) is 2.96. The number of benzene rings is 2. The molecule has 0 aliphatic carbocycles. The van der Waals surface area contributed by atoms with E-state index in [9.17, 15) is 0 Å². The van der Waals surface area contributed by atoms with Crippen LogP contribution in [0.4, 0.5) is 0 Å². The van der Waals surface area contributed by atoms with Crippen molar-refractivity contribution in [3.8, 4) is 11.1 Å². The van der Waals surface area contributed by atoms with Gasteiger partial charge < -0.3 is 5.32 Å². The van der Waals surface area contributed by atoms with Crippen molar-refractivity contribution in [2.45, 2.75) is 31.7 Å². The Morgan fingerprint density at radius 1 is 0.900 bits per heavy atom. The SMILES string of the molecule is Cl.c1ccc(-c2ccccc2CC2CCCCN2)cc1. The van der Waals surface area contributed by atoms with E-state index < -0.39 is 0 Å². The molecule has 1 saturated heterocycles. The number of rotatable bonds is 3. The average Bonchev–Trinajstić information content (AvgIpc) is 2.50. The van der Waals surface area contributed by atoms with Gasteiger partial charge in [-0.2, -0.15) is 0 Å². The zero-order chi connectivity index (χ0) is 12.9. The fraction of sp³-hybridized carbons (Fsp3) is 0.333. The van der Waals surface area contributed by atoms with Gasteiger partial charge in [-0.3, -0.25) is 0 Å². The lowest BCUT2D eigenvalue weighted by molar-refractivity contribution is 0.399. The van der Waals surface area contributed by atoms with Crippen LogP contribution < -0.4 is 5.32 Å². The van der Waals surface area contributed by atoms with Crippen LogP contribution in [-0.2, 0) is 6.42 Å². The Kier molecular flexibility index (Phi) is 5.63. The van der Waals surface area contributed by atoms with Crippen molar-refractivity contribution < 1.29 is 0 Å². The maximum absolute atomic E-state index is 3.65. The van der Waals surface area contributed by atoms with Gasteiger partial charge in [0.1, 0.15) is 0 Å². The Labute approximate surface area is 127 Å². The van der Waals surface area contributed by atoms with Gasteiger partial charge in [0.2, 0.25) is 0 Å². The molecule has 2 aromatic rings. The molecule has 3 rings (SSSR count). The molecule has 1 aliphatic heterocycles. The van der Waals surface area contributed by atoms with E-state index in [1.165, 1.54) is 42.5 Å². The third-order valence-corrected chi connectivity index (χ3v) is 3.98. The predicted molar refractivity (Wildman–Crippen MR) is 88.5 cm³/mol. The second-order valence-corrected chi connectivity index (χ2v) is 5.37. The molecule has 2 aromatic carbocycles. The molecule has 0 bridgehead atoms. The van der Waals surface area contributed by atoms with E-state index in [1.54, 1.807) is 0 Å². The van der Waals surface area contributed by atoms with E-state index in [-0.39, 0.29) is 12.4 Å². The first-order chi connectivity index (χ1) is 9.43. The van der Waals surface area contributed by atoms with E-state index in [1.807, 2.05) is 0 Å². The smallest absolute Gasteiger partial charge is 0.0108 e. The van der Waals surface area contributed by atoms with Gasteiger partial charge in [0.05, 0.1) is 0 Å². The third-order valence-electron chi connectivity index (χ3n) is 3.98. The standard InChI is InChI=1S/C18H21N.ClH/c1-2-8-15(9-3-1)18-12-5-4-10-16(18)14-17-11-6-7-13-19-17;/h1-5,8-10,12,17,19H,6-7,11,13-14H2;1H. The summed E-state index contributed by atoms with van der Waals surface area (Å²) in [6.07, 6.45) is 5.15. The van der Waals surface area contributed by atoms with Crippen molar-refractivity contribution in [1.82, 2.24) is 5.32 Å². The molecule has 0 saturated carbocycles. The molecule has 0 aromatic heterocycles. The monoisotopic (exact) mass is 287 g/mol. The van der Waals surface area contributed by atoms with Crippen LogP contribution in [0.5, 0.6) is 0 Å². The van der Waals surface area contributed by atoms with Gasteiger partial charge in [-0.25, -0.2) is 0 Å². The van der Waals surface area contributed by atoms with Crippen LogP contribution in [0.15, 0.2) is 54.6 Å². The Hall–Kier alpha value is -1.31. The van der Waals surface area contributed by atoms with Crippen LogP contribution in [0.3, 0.4) is 0 Å². The van der Waals surface area contributed by atoms with Crippen LogP contribution >= 0.6 is 12.4 Å². The quantitative estimate of drug-likeness (QED) is 0.879. The number of piperidine rings is 1. The number of halogens is 1.